The van der Waals surface area contributed by atoms with Crippen LogP contribution in [0, 0.1) is 11.3 Å². The molecule has 4 amide bonds. The van der Waals surface area contributed by atoms with E-state index in [1.807, 2.05) is 4.90 Å². The van der Waals surface area contributed by atoms with Gasteiger partial charge in [-0.05, 0) is 109 Å². The molecule has 2 N–H and O–H groups in total. The third kappa shape index (κ3) is 8.69. The number of imide groups is 1. The lowest BCUT2D eigenvalue weighted by atomic mass is 9.76. The molecule has 1 aliphatic carbocycles. The van der Waals surface area contributed by atoms with Crippen molar-refractivity contribution in [2.24, 2.45) is 0 Å². The molecule has 0 bridgehead atoms. The highest BCUT2D eigenvalue weighted by molar-refractivity contribution is 7.80. The van der Waals surface area contributed by atoms with Crippen molar-refractivity contribution >= 4 is 52.5 Å². The van der Waals surface area contributed by atoms with Gasteiger partial charge in [0, 0.05) is 50.4 Å². The number of anilines is 2. The Morgan fingerprint density at radius 2 is 1.75 bits per heavy atom. The monoisotopic (exact) mass is 810 g/mol. The van der Waals surface area contributed by atoms with Gasteiger partial charge in [0.25, 0.3) is 5.91 Å². The van der Waals surface area contributed by atoms with Crippen LogP contribution in [0.4, 0.5) is 24.7 Å². The molecule has 57 heavy (non-hydrogen) atoms. The van der Waals surface area contributed by atoms with Crippen LogP contribution in [0.2, 0.25) is 0 Å². The highest BCUT2D eigenvalue weighted by Crippen LogP contribution is 2.41. The fraction of sp³-hybridized carbons (Fsp3) is 0.575. The van der Waals surface area contributed by atoms with E-state index in [1.54, 1.807) is 45.2 Å². The number of amides is 4. The van der Waals surface area contributed by atoms with Gasteiger partial charge in [-0.3, -0.25) is 39.2 Å². The van der Waals surface area contributed by atoms with Crippen molar-refractivity contribution in [1.82, 2.24) is 25.0 Å². The topological polar surface area (TPSA) is 151 Å². The number of carbonyl (C=O) groups is 4. The number of nitrogens with one attached hydrogen (secondary N) is 2. The summed E-state index contributed by atoms with van der Waals surface area (Å²) in [5.41, 5.74) is -2.90. The van der Waals surface area contributed by atoms with Crippen molar-refractivity contribution in [1.29, 1.82) is 5.26 Å². The first kappa shape index (κ1) is 42.1. The average molecular weight is 811 g/mol. The quantitative estimate of drug-likeness (QED) is 0.253. The van der Waals surface area contributed by atoms with Gasteiger partial charge in [0.05, 0.1) is 47.6 Å². The second kappa shape index (κ2) is 16.4. The Hall–Kier alpha value is -4.50. The highest BCUT2D eigenvalue weighted by Gasteiger charge is 2.53. The van der Waals surface area contributed by atoms with Crippen LogP contribution in [0.15, 0.2) is 36.5 Å². The molecule has 2 aromatic rings. The van der Waals surface area contributed by atoms with Gasteiger partial charge < -0.3 is 15.0 Å². The van der Waals surface area contributed by atoms with E-state index >= 15 is 0 Å². The Kier molecular flexibility index (Phi) is 12.1. The summed E-state index contributed by atoms with van der Waals surface area (Å²) in [6.45, 7) is 12.4. The predicted octanol–water partition coefficient (Wildman–Crippen LogP) is 4.74. The van der Waals surface area contributed by atoms with E-state index in [0.717, 1.165) is 49.5 Å². The summed E-state index contributed by atoms with van der Waals surface area (Å²) in [6, 6.07) is 8.35. The number of carbonyl (C=O) groups excluding carboxylic acids is 4. The number of hydrogen-bond donors (Lipinski definition) is 2. The standard InChI is InChI=1S/C40H49F3N8O5S/c1-24-21-48(22-25(2)49(24)23-34(53)46-32-13-7-27(20-45-32)39(5)15-14-33(52)47-35(39)54)16-17-56-30-11-9-28(10-12-30)51-37(57)50(36(55)38(51,3)4)29-8-6-26(19-44)31(18-29)40(41,42)43/h6-8,13,18,20,24-25,28,30H,9-12,14-17,21-23H2,1-5H3,(H,45,46,53)(H,47,52,54)/t24-,25+,28-,30-,39-/m0/s1. The lowest BCUT2D eigenvalue weighted by Gasteiger charge is -2.44. The van der Waals surface area contributed by atoms with Crippen molar-refractivity contribution < 1.29 is 37.1 Å². The first-order valence-corrected chi connectivity index (χ1v) is 19.7. The molecule has 13 nitrogen and oxygen atoms in total. The van der Waals surface area contributed by atoms with E-state index in [2.05, 4.69) is 39.3 Å². The number of rotatable bonds is 10. The number of benzene rings is 1. The molecular formula is C40H49F3N8O5S. The second-order valence-corrected chi connectivity index (χ2v) is 16.7. The van der Waals surface area contributed by atoms with Gasteiger partial charge in [0.2, 0.25) is 17.7 Å². The van der Waals surface area contributed by atoms with Crippen LogP contribution < -0.4 is 15.5 Å². The molecule has 6 rings (SSSR count). The highest BCUT2D eigenvalue weighted by atomic mass is 32.1. The second-order valence-electron chi connectivity index (χ2n) is 16.3. The molecule has 0 unspecified atom stereocenters. The summed E-state index contributed by atoms with van der Waals surface area (Å²) in [4.78, 5) is 62.7. The molecule has 0 radical (unpaired) electrons. The lowest BCUT2D eigenvalue weighted by molar-refractivity contribution is -0.138. The molecule has 0 spiro atoms. The Bertz CT molecular complexity index is 1940. The van der Waals surface area contributed by atoms with Crippen LogP contribution in [0.5, 0.6) is 0 Å². The summed E-state index contributed by atoms with van der Waals surface area (Å²) in [5, 5.41) is 14.6. The van der Waals surface area contributed by atoms with Gasteiger partial charge in [0.1, 0.15) is 11.4 Å². The van der Waals surface area contributed by atoms with Crippen molar-refractivity contribution in [2.75, 3.05) is 43.0 Å². The molecule has 3 aliphatic heterocycles. The van der Waals surface area contributed by atoms with Gasteiger partial charge in [-0.15, -0.1) is 0 Å². The molecule has 17 heteroatoms. The third-order valence-corrected chi connectivity index (χ3v) is 12.3. The zero-order valence-corrected chi connectivity index (χ0v) is 33.6. The van der Waals surface area contributed by atoms with Crippen molar-refractivity contribution in [2.45, 2.75) is 115 Å². The summed E-state index contributed by atoms with van der Waals surface area (Å²) >= 11 is 5.73. The number of thiocarbonyl (C=S) groups is 1. The minimum absolute atomic E-state index is 0.0147. The Morgan fingerprint density at radius 3 is 2.35 bits per heavy atom. The molecule has 4 aliphatic rings. The van der Waals surface area contributed by atoms with Gasteiger partial charge >= 0.3 is 6.18 Å². The van der Waals surface area contributed by atoms with E-state index in [9.17, 15) is 37.6 Å². The van der Waals surface area contributed by atoms with Crippen molar-refractivity contribution in [3.05, 3.63) is 53.2 Å². The van der Waals surface area contributed by atoms with Gasteiger partial charge in [-0.25, -0.2) is 4.98 Å². The summed E-state index contributed by atoms with van der Waals surface area (Å²) < 4.78 is 47.5. The average Bonchev–Trinajstić information content (AvgIpc) is 3.33. The molecule has 4 heterocycles. The number of aromatic nitrogens is 1. The maximum atomic E-state index is 13.7. The molecule has 4 fully saturated rings. The normalized spacial score (nSPS) is 27.4. The summed E-state index contributed by atoms with van der Waals surface area (Å²) in [5.74, 6) is -0.853. The van der Waals surface area contributed by atoms with Crippen LogP contribution in [-0.2, 0) is 35.5 Å². The minimum atomic E-state index is -4.76. The van der Waals surface area contributed by atoms with E-state index in [1.165, 1.54) is 6.07 Å². The Morgan fingerprint density at radius 1 is 1.07 bits per heavy atom. The van der Waals surface area contributed by atoms with E-state index in [-0.39, 0.29) is 65.7 Å². The first-order chi connectivity index (χ1) is 26.8. The van der Waals surface area contributed by atoms with E-state index in [0.29, 0.717) is 37.3 Å². The van der Waals surface area contributed by atoms with E-state index < -0.39 is 34.2 Å². The maximum Gasteiger partial charge on any atom is 0.417 e. The Balaban J connectivity index is 0.947. The molecule has 306 valence electrons. The Labute approximate surface area is 335 Å². The number of nitrogens with zero attached hydrogens (tertiary/aromatic N) is 6. The predicted molar refractivity (Wildman–Crippen MR) is 209 cm³/mol. The zero-order chi connectivity index (χ0) is 41.4. The van der Waals surface area contributed by atoms with Crippen LogP contribution in [-0.4, -0.2) is 111 Å². The van der Waals surface area contributed by atoms with Crippen LogP contribution in [0.25, 0.3) is 0 Å². The number of piperidine rings is 1. The molecule has 1 aromatic carbocycles. The molecule has 3 saturated heterocycles. The third-order valence-electron chi connectivity index (χ3n) is 12.0. The molecule has 3 atom stereocenters. The van der Waals surface area contributed by atoms with Crippen LogP contribution >= 0.6 is 12.2 Å². The van der Waals surface area contributed by atoms with Crippen molar-refractivity contribution in [3.63, 3.8) is 0 Å². The van der Waals surface area contributed by atoms with E-state index in [4.69, 9.17) is 17.0 Å². The van der Waals surface area contributed by atoms with Gasteiger partial charge in [-0.2, -0.15) is 18.4 Å². The number of ether oxygens (including phenoxy) is 1. The zero-order valence-electron chi connectivity index (χ0n) is 32.8. The summed E-state index contributed by atoms with van der Waals surface area (Å²) in [7, 11) is 0. The minimum Gasteiger partial charge on any atom is -0.377 e. The van der Waals surface area contributed by atoms with Crippen LogP contribution in [0.1, 0.15) is 89.8 Å². The molecule has 1 aromatic heterocycles. The largest absolute Gasteiger partial charge is 0.417 e. The number of pyridine rings is 1. The lowest BCUT2D eigenvalue weighted by Crippen LogP contribution is -2.58. The van der Waals surface area contributed by atoms with Crippen LogP contribution in [0.3, 0.4) is 0 Å². The number of piperazine rings is 1. The smallest absolute Gasteiger partial charge is 0.377 e. The molecule has 1 saturated carbocycles. The number of hydrogen-bond acceptors (Lipinski definition) is 10. The number of nitriles is 1. The van der Waals surface area contributed by atoms with Gasteiger partial charge in [0.15, 0.2) is 5.11 Å². The fourth-order valence-corrected chi connectivity index (χ4v) is 9.22. The van der Waals surface area contributed by atoms with Gasteiger partial charge in [-0.1, -0.05) is 6.07 Å². The number of alkyl halides is 3. The first-order valence-electron chi connectivity index (χ1n) is 19.3. The fourth-order valence-electron chi connectivity index (χ4n) is 8.65. The SMILES string of the molecule is C[C@@H]1CN(CCO[C@H]2CC[C@H](N3C(=S)N(c4ccc(C#N)c(C(F)(F)F)c4)C(=O)C3(C)C)CC2)C[C@H](C)N1CC(=O)Nc1ccc([C@]2(C)CCC(=O)NC2=O)cn1. The number of halogens is 3. The summed E-state index contributed by atoms with van der Waals surface area (Å²) in [6.07, 6.45) is 0.359. The maximum absolute atomic E-state index is 13.7. The molecular weight excluding hydrogens is 762 g/mol. The van der Waals surface area contributed by atoms with Crippen molar-refractivity contribution in [3.8, 4) is 6.07 Å².